The highest BCUT2D eigenvalue weighted by Gasteiger charge is 2.10. The van der Waals surface area contributed by atoms with E-state index in [9.17, 15) is 4.39 Å². The molecule has 1 aliphatic carbocycles. The van der Waals surface area contributed by atoms with Crippen LogP contribution in [0.5, 0.6) is 0 Å². The van der Waals surface area contributed by atoms with Crippen molar-refractivity contribution in [3.8, 4) is 0 Å². The molecule has 0 fully saturated rings. The van der Waals surface area contributed by atoms with Crippen molar-refractivity contribution in [2.24, 2.45) is 5.92 Å². The highest BCUT2D eigenvalue weighted by Crippen LogP contribution is 2.25. The van der Waals surface area contributed by atoms with Crippen LogP contribution in [0.25, 0.3) is 0 Å². The van der Waals surface area contributed by atoms with E-state index in [1.807, 2.05) is 0 Å². The van der Waals surface area contributed by atoms with Crippen LogP contribution in [0.4, 0.5) is 4.39 Å². The average molecular weight is 222 g/mol. The molecule has 0 spiro atoms. The van der Waals surface area contributed by atoms with E-state index in [-0.39, 0.29) is 6.67 Å². The molecule has 0 N–H and O–H groups in total. The molecule has 1 rings (SSSR count). The second-order valence-corrected chi connectivity index (χ2v) is 4.90. The van der Waals surface area contributed by atoms with Gasteiger partial charge in [0.05, 0.1) is 0 Å². The second kappa shape index (κ2) is 6.67. The van der Waals surface area contributed by atoms with Crippen LogP contribution in [0.2, 0.25) is 0 Å². The highest BCUT2D eigenvalue weighted by molar-refractivity contribution is 5.11. The van der Waals surface area contributed by atoms with E-state index in [4.69, 9.17) is 0 Å². The molecule has 1 heteroatoms. The van der Waals surface area contributed by atoms with Gasteiger partial charge in [-0.3, -0.25) is 0 Å². The summed E-state index contributed by atoms with van der Waals surface area (Å²) in [6.45, 7) is 8.00. The third-order valence-corrected chi connectivity index (χ3v) is 3.40. The van der Waals surface area contributed by atoms with Gasteiger partial charge in [0.1, 0.15) is 6.67 Å². The number of hydrogen-bond acceptors (Lipinski definition) is 0. The molecule has 0 bridgehead atoms. The minimum atomic E-state index is -0.286. The topological polar surface area (TPSA) is 0 Å². The first kappa shape index (κ1) is 13.2. The standard InChI is InChI=1S/C15H23F/c1-12(2)15-9-7-13(3)5-4-6-14(11-16)8-10-15/h6-7,15H,1,4-5,8-11H2,2-3H3/b13-7+,14-6-/t15-/m0/s1. The fourth-order valence-electron chi connectivity index (χ4n) is 2.10. The Morgan fingerprint density at radius 3 is 2.81 bits per heavy atom. The summed E-state index contributed by atoms with van der Waals surface area (Å²) in [5.41, 5.74) is 3.62. The van der Waals surface area contributed by atoms with Gasteiger partial charge in [0, 0.05) is 0 Å². The first-order valence-corrected chi connectivity index (χ1v) is 6.18. The lowest BCUT2D eigenvalue weighted by Crippen LogP contribution is -2.03. The van der Waals surface area contributed by atoms with Crippen molar-refractivity contribution >= 4 is 0 Å². The first-order chi connectivity index (χ1) is 7.63. The van der Waals surface area contributed by atoms with Crippen molar-refractivity contribution in [1.82, 2.24) is 0 Å². The number of allylic oxidation sites excluding steroid dienone is 5. The number of halogens is 1. The van der Waals surface area contributed by atoms with E-state index in [2.05, 4.69) is 32.6 Å². The van der Waals surface area contributed by atoms with E-state index in [1.165, 1.54) is 11.1 Å². The fraction of sp³-hybridized carbons (Fsp3) is 0.600. The van der Waals surface area contributed by atoms with E-state index in [0.29, 0.717) is 5.92 Å². The summed E-state index contributed by atoms with van der Waals surface area (Å²) in [6, 6.07) is 0. The second-order valence-electron chi connectivity index (χ2n) is 4.90. The van der Waals surface area contributed by atoms with E-state index >= 15 is 0 Å². The van der Waals surface area contributed by atoms with Gasteiger partial charge in [-0.2, -0.15) is 0 Å². The van der Waals surface area contributed by atoms with Crippen molar-refractivity contribution in [3.63, 3.8) is 0 Å². The summed E-state index contributed by atoms with van der Waals surface area (Å²) in [5, 5.41) is 0. The first-order valence-electron chi connectivity index (χ1n) is 6.18. The monoisotopic (exact) mass is 222 g/mol. The molecule has 0 amide bonds. The third kappa shape index (κ3) is 4.34. The van der Waals surface area contributed by atoms with Crippen molar-refractivity contribution in [2.45, 2.75) is 46.0 Å². The largest absolute Gasteiger partial charge is 0.246 e. The molecule has 0 saturated carbocycles. The van der Waals surface area contributed by atoms with E-state index in [1.54, 1.807) is 0 Å². The summed E-state index contributed by atoms with van der Waals surface area (Å²) in [6.07, 6.45) is 9.45. The number of hydrogen-bond donors (Lipinski definition) is 0. The maximum absolute atomic E-state index is 12.7. The van der Waals surface area contributed by atoms with Gasteiger partial charge >= 0.3 is 0 Å². The van der Waals surface area contributed by atoms with Crippen LogP contribution in [-0.2, 0) is 0 Å². The van der Waals surface area contributed by atoms with Crippen LogP contribution in [0, 0.1) is 5.92 Å². The molecular formula is C15H23F. The van der Waals surface area contributed by atoms with Gasteiger partial charge in [-0.25, -0.2) is 4.39 Å². The Balaban J connectivity index is 2.73. The van der Waals surface area contributed by atoms with Crippen LogP contribution < -0.4 is 0 Å². The van der Waals surface area contributed by atoms with Crippen LogP contribution in [0.15, 0.2) is 35.5 Å². The van der Waals surface area contributed by atoms with Crippen molar-refractivity contribution < 1.29 is 4.39 Å². The Hall–Kier alpha value is -0.850. The van der Waals surface area contributed by atoms with Gasteiger partial charge in [-0.15, -0.1) is 0 Å². The van der Waals surface area contributed by atoms with Gasteiger partial charge in [0.15, 0.2) is 0 Å². The van der Waals surface area contributed by atoms with E-state index < -0.39 is 0 Å². The normalized spacial score (nSPS) is 29.8. The molecule has 0 aromatic heterocycles. The van der Waals surface area contributed by atoms with Crippen molar-refractivity contribution in [1.29, 1.82) is 0 Å². The summed E-state index contributed by atoms with van der Waals surface area (Å²) >= 11 is 0. The molecule has 0 saturated heterocycles. The van der Waals surface area contributed by atoms with Gasteiger partial charge in [-0.05, 0) is 57.4 Å². The smallest absolute Gasteiger partial charge is 0.111 e. The molecule has 0 radical (unpaired) electrons. The van der Waals surface area contributed by atoms with Crippen molar-refractivity contribution in [2.75, 3.05) is 6.67 Å². The maximum atomic E-state index is 12.7. The predicted molar refractivity (Wildman–Crippen MR) is 69.2 cm³/mol. The molecular weight excluding hydrogens is 199 g/mol. The SMILES string of the molecule is C=C(C)[C@H]1C/C=C(\C)CC/C=C(\CF)CC1. The Kier molecular flexibility index (Phi) is 5.51. The Labute approximate surface area is 98.9 Å². The van der Waals surface area contributed by atoms with E-state index in [0.717, 1.165) is 37.7 Å². The summed E-state index contributed by atoms with van der Waals surface area (Å²) < 4.78 is 12.7. The summed E-state index contributed by atoms with van der Waals surface area (Å²) in [4.78, 5) is 0. The molecule has 16 heavy (non-hydrogen) atoms. The molecule has 90 valence electrons. The predicted octanol–water partition coefficient (Wildman–Crippen LogP) is 4.99. The summed E-state index contributed by atoms with van der Waals surface area (Å²) in [5.74, 6) is 0.517. The lowest BCUT2D eigenvalue weighted by molar-refractivity contribution is 0.500. The zero-order valence-electron chi connectivity index (χ0n) is 10.6. The summed E-state index contributed by atoms with van der Waals surface area (Å²) in [7, 11) is 0. The quantitative estimate of drug-likeness (QED) is 0.578. The lowest BCUT2D eigenvalue weighted by atomic mass is 9.89. The average Bonchev–Trinajstić information content (AvgIpc) is 2.26. The van der Waals surface area contributed by atoms with Crippen LogP contribution in [0.3, 0.4) is 0 Å². The minimum absolute atomic E-state index is 0.286. The molecule has 0 aromatic carbocycles. The fourth-order valence-corrected chi connectivity index (χ4v) is 2.10. The van der Waals surface area contributed by atoms with Crippen LogP contribution in [-0.4, -0.2) is 6.67 Å². The molecule has 0 heterocycles. The molecule has 0 unspecified atom stereocenters. The van der Waals surface area contributed by atoms with Gasteiger partial charge in [-0.1, -0.05) is 29.9 Å². The van der Waals surface area contributed by atoms with Crippen LogP contribution in [0.1, 0.15) is 46.0 Å². The Bertz CT molecular complexity index is 297. The number of rotatable bonds is 2. The molecule has 0 aromatic rings. The Morgan fingerprint density at radius 2 is 2.19 bits per heavy atom. The third-order valence-electron chi connectivity index (χ3n) is 3.40. The zero-order chi connectivity index (χ0) is 12.0. The van der Waals surface area contributed by atoms with Crippen molar-refractivity contribution in [3.05, 3.63) is 35.5 Å². The maximum Gasteiger partial charge on any atom is 0.111 e. The van der Waals surface area contributed by atoms with Gasteiger partial charge in [0.25, 0.3) is 0 Å². The lowest BCUT2D eigenvalue weighted by Gasteiger charge is -2.17. The number of alkyl halides is 1. The molecule has 1 aliphatic rings. The molecule has 0 aliphatic heterocycles. The molecule has 0 nitrogen and oxygen atoms in total. The highest BCUT2D eigenvalue weighted by atomic mass is 19.1. The minimum Gasteiger partial charge on any atom is -0.246 e. The van der Waals surface area contributed by atoms with Crippen LogP contribution >= 0.6 is 0 Å². The molecule has 1 atom stereocenters. The van der Waals surface area contributed by atoms with Gasteiger partial charge < -0.3 is 0 Å². The Morgan fingerprint density at radius 1 is 1.44 bits per heavy atom. The van der Waals surface area contributed by atoms with Gasteiger partial charge in [0.2, 0.25) is 0 Å². The zero-order valence-corrected chi connectivity index (χ0v) is 10.6.